The third-order valence-electron chi connectivity index (χ3n) is 4.06. The fourth-order valence-electron chi connectivity index (χ4n) is 2.78. The number of rotatable bonds is 2. The molecule has 0 radical (unpaired) electrons. The maximum atomic E-state index is 6.51. The molecule has 1 aromatic carbocycles. The van der Waals surface area contributed by atoms with Crippen molar-refractivity contribution >= 4 is 28.0 Å². The molecule has 0 spiro atoms. The van der Waals surface area contributed by atoms with Gasteiger partial charge in [0.1, 0.15) is 0 Å². The summed E-state index contributed by atoms with van der Waals surface area (Å²) in [6.07, 6.45) is 3.80. The number of hydrogen-bond acceptors (Lipinski definition) is 1. The van der Waals surface area contributed by atoms with E-state index >= 15 is 0 Å². The molecule has 3 nitrogen and oxygen atoms in total. The number of aromatic amines is 1. The summed E-state index contributed by atoms with van der Waals surface area (Å²) in [5.74, 6) is 0.468. The van der Waals surface area contributed by atoms with Crippen LogP contribution in [0.15, 0.2) is 48.8 Å². The number of halogens is 1. The van der Waals surface area contributed by atoms with Gasteiger partial charge in [-0.2, -0.15) is 5.10 Å². The second-order valence-electron chi connectivity index (χ2n) is 5.92. The highest BCUT2D eigenvalue weighted by Gasteiger charge is 2.10. The van der Waals surface area contributed by atoms with E-state index in [1.54, 1.807) is 6.20 Å². The van der Waals surface area contributed by atoms with E-state index in [2.05, 4.69) is 48.2 Å². The quantitative estimate of drug-likeness (QED) is 0.457. The number of benzene rings is 1. The van der Waals surface area contributed by atoms with E-state index in [1.807, 2.05) is 36.7 Å². The molecule has 0 saturated heterocycles. The van der Waals surface area contributed by atoms with E-state index in [0.717, 1.165) is 32.6 Å². The maximum Gasteiger partial charge on any atom is 0.0661 e. The van der Waals surface area contributed by atoms with Crippen LogP contribution in [0.5, 0.6) is 0 Å². The van der Waals surface area contributed by atoms with E-state index in [0.29, 0.717) is 5.92 Å². The predicted molar refractivity (Wildman–Crippen MR) is 103 cm³/mol. The zero-order valence-electron chi connectivity index (χ0n) is 14.5. The molecule has 0 atom stereocenters. The summed E-state index contributed by atoms with van der Waals surface area (Å²) >= 11 is 6.51. The lowest BCUT2D eigenvalue weighted by Crippen LogP contribution is -1.89. The van der Waals surface area contributed by atoms with Gasteiger partial charge in [-0.15, -0.1) is 0 Å². The van der Waals surface area contributed by atoms with E-state index in [-0.39, 0.29) is 0 Å². The minimum atomic E-state index is 0.468. The molecule has 4 rings (SSSR count). The Morgan fingerprint density at radius 2 is 1.88 bits per heavy atom. The molecule has 0 aliphatic rings. The average molecular weight is 340 g/mol. The maximum absolute atomic E-state index is 6.51. The summed E-state index contributed by atoms with van der Waals surface area (Å²) in [5.41, 5.74) is 5.49. The summed E-state index contributed by atoms with van der Waals surface area (Å²) in [7, 11) is 0. The Bertz CT molecular complexity index is 979. The zero-order valence-corrected chi connectivity index (χ0v) is 15.2. The van der Waals surface area contributed by atoms with Crippen LogP contribution in [0.3, 0.4) is 0 Å². The number of aromatic nitrogens is 3. The van der Waals surface area contributed by atoms with Crippen LogP contribution < -0.4 is 0 Å². The Kier molecular flexibility index (Phi) is 4.63. The Morgan fingerprint density at radius 3 is 2.62 bits per heavy atom. The summed E-state index contributed by atoms with van der Waals surface area (Å²) in [5, 5.41) is 6.20. The molecule has 0 aliphatic carbocycles. The van der Waals surface area contributed by atoms with Crippen LogP contribution in [0.4, 0.5) is 0 Å². The highest BCUT2D eigenvalue weighted by molar-refractivity contribution is 6.34. The first-order chi connectivity index (χ1) is 11.6. The SMILES string of the molecule is CC.CC(C)c1cc2cc(Cl)c(-c3ccc4ccnn4c3)cc2[nH]1. The first-order valence-corrected chi connectivity index (χ1v) is 8.75. The van der Waals surface area contributed by atoms with Crippen molar-refractivity contribution < 1.29 is 0 Å². The lowest BCUT2D eigenvalue weighted by Gasteiger charge is -2.06. The van der Waals surface area contributed by atoms with Crippen molar-refractivity contribution in [1.29, 1.82) is 0 Å². The van der Waals surface area contributed by atoms with Crippen molar-refractivity contribution in [3.8, 4) is 11.1 Å². The first-order valence-electron chi connectivity index (χ1n) is 8.38. The van der Waals surface area contributed by atoms with Crippen LogP contribution in [0.2, 0.25) is 5.02 Å². The van der Waals surface area contributed by atoms with Crippen molar-refractivity contribution in [3.63, 3.8) is 0 Å². The van der Waals surface area contributed by atoms with Crippen molar-refractivity contribution in [2.24, 2.45) is 0 Å². The highest BCUT2D eigenvalue weighted by atomic mass is 35.5. The monoisotopic (exact) mass is 339 g/mol. The van der Waals surface area contributed by atoms with Gasteiger partial charge in [-0.05, 0) is 36.2 Å². The number of hydrogen-bond donors (Lipinski definition) is 1. The smallest absolute Gasteiger partial charge is 0.0661 e. The van der Waals surface area contributed by atoms with Crippen molar-refractivity contribution in [2.75, 3.05) is 0 Å². The normalized spacial score (nSPS) is 11.1. The number of nitrogens with one attached hydrogen (secondary N) is 1. The molecule has 4 heteroatoms. The molecular formula is C20H22ClN3. The van der Waals surface area contributed by atoms with Crippen LogP contribution in [-0.2, 0) is 0 Å². The molecule has 0 fully saturated rings. The van der Waals surface area contributed by atoms with Gasteiger partial charge in [-0.25, -0.2) is 4.52 Å². The number of pyridine rings is 1. The van der Waals surface area contributed by atoms with E-state index in [9.17, 15) is 0 Å². The van der Waals surface area contributed by atoms with E-state index in [4.69, 9.17) is 11.6 Å². The molecule has 3 heterocycles. The number of nitrogens with zero attached hydrogens (tertiary/aromatic N) is 2. The minimum absolute atomic E-state index is 0.468. The first kappa shape index (κ1) is 16.6. The second-order valence-corrected chi connectivity index (χ2v) is 6.32. The molecule has 0 bridgehead atoms. The number of fused-ring (bicyclic) bond motifs is 2. The molecule has 0 saturated carbocycles. The molecular weight excluding hydrogens is 318 g/mol. The molecule has 1 N–H and O–H groups in total. The number of H-pyrrole nitrogens is 1. The molecule has 24 heavy (non-hydrogen) atoms. The van der Waals surface area contributed by atoms with Gasteiger partial charge in [-0.1, -0.05) is 45.4 Å². The zero-order chi connectivity index (χ0) is 17.3. The van der Waals surface area contributed by atoms with Gasteiger partial charge in [0.25, 0.3) is 0 Å². The van der Waals surface area contributed by atoms with E-state index < -0.39 is 0 Å². The van der Waals surface area contributed by atoms with Gasteiger partial charge in [-0.3, -0.25) is 0 Å². The van der Waals surface area contributed by atoms with Crippen LogP contribution in [0, 0.1) is 0 Å². The third-order valence-corrected chi connectivity index (χ3v) is 4.37. The molecule has 4 aromatic rings. The second kappa shape index (κ2) is 6.70. The summed E-state index contributed by atoms with van der Waals surface area (Å²) in [4.78, 5) is 3.48. The molecule has 0 amide bonds. The van der Waals surface area contributed by atoms with E-state index in [1.165, 1.54) is 5.69 Å². The van der Waals surface area contributed by atoms with Gasteiger partial charge < -0.3 is 4.98 Å². The van der Waals surface area contributed by atoms with Crippen LogP contribution in [0.1, 0.15) is 39.3 Å². The fourth-order valence-corrected chi connectivity index (χ4v) is 3.06. The lowest BCUT2D eigenvalue weighted by atomic mass is 10.1. The third kappa shape index (κ3) is 2.92. The molecule has 0 unspecified atom stereocenters. The molecule has 124 valence electrons. The predicted octanol–water partition coefficient (Wildman–Crippen LogP) is 6.29. The van der Waals surface area contributed by atoms with Crippen molar-refractivity contribution in [3.05, 3.63) is 59.5 Å². The molecule has 3 aromatic heterocycles. The van der Waals surface area contributed by atoms with Gasteiger partial charge in [0.2, 0.25) is 0 Å². The summed E-state index contributed by atoms with van der Waals surface area (Å²) < 4.78 is 1.87. The van der Waals surface area contributed by atoms with Crippen LogP contribution in [0.25, 0.3) is 27.5 Å². The Labute approximate surface area is 147 Å². The lowest BCUT2D eigenvalue weighted by molar-refractivity contribution is 0.836. The van der Waals surface area contributed by atoms with Crippen LogP contribution >= 0.6 is 11.6 Å². The Morgan fingerprint density at radius 1 is 1.08 bits per heavy atom. The van der Waals surface area contributed by atoms with Crippen LogP contribution in [-0.4, -0.2) is 14.6 Å². The Hall–Kier alpha value is -2.26. The van der Waals surface area contributed by atoms with Gasteiger partial charge >= 0.3 is 0 Å². The van der Waals surface area contributed by atoms with Crippen molar-refractivity contribution in [1.82, 2.24) is 14.6 Å². The van der Waals surface area contributed by atoms with Crippen molar-refractivity contribution in [2.45, 2.75) is 33.6 Å². The molecule has 0 aliphatic heterocycles. The topological polar surface area (TPSA) is 33.1 Å². The van der Waals surface area contributed by atoms with Gasteiger partial charge in [0, 0.05) is 45.1 Å². The fraction of sp³-hybridized carbons (Fsp3) is 0.250. The Balaban J connectivity index is 0.000000815. The largest absolute Gasteiger partial charge is 0.358 e. The standard InChI is InChI=1S/C18H16ClN3.C2H6/c1-11(2)17-8-13-7-16(19)15(9-18(13)21-17)12-3-4-14-5-6-20-22(14)10-12;1-2/h3-11,21H,1-2H3;1-2H3. The summed E-state index contributed by atoms with van der Waals surface area (Å²) in [6, 6.07) is 12.4. The highest BCUT2D eigenvalue weighted by Crippen LogP contribution is 2.33. The average Bonchev–Trinajstić information content (AvgIpc) is 3.21. The minimum Gasteiger partial charge on any atom is -0.358 e. The van der Waals surface area contributed by atoms with Gasteiger partial charge in [0.15, 0.2) is 0 Å². The van der Waals surface area contributed by atoms with Gasteiger partial charge in [0.05, 0.1) is 5.52 Å². The summed E-state index contributed by atoms with van der Waals surface area (Å²) in [6.45, 7) is 8.36.